The highest BCUT2D eigenvalue weighted by Crippen LogP contribution is 2.19. The first kappa shape index (κ1) is 14.3. The Labute approximate surface area is 125 Å². The molecule has 1 aromatic carbocycles. The third-order valence-electron chi connectivity index (χ3n) is 4.23. The maximum atomic E-state index is 11.0. The van der Waals surface area contributed by atoms with Crippen molar-refractivity contribution >= 4 is 17.2 Å². The first-order valence-corrected chi connectivity index (χ1v) is 7.57. The zero-order valence-electron chi connectivity index (χ0n) is 12.7. The van der Waals surface area contributed by atoms with Crippen molar-refractivity contribution in [3.8, 4) is 0 Å². The van der Waals surface area contributed by atoms with E-state index < -0.39 is 0 Å². The average molecular weight is 286 g/mol. The molecule has 4 nitrogen and oxygen atoms in total. The summed E-state index contributed by atoms with van der Waals surface area (Å²) in [6.45, 7) is 8.05. The van der Waals surface area contributed by atoms with Gasteiger partial charge >= 0.3 is 0 Å². The normalized spacial score (nSPS) is 20.2. The van der Waals surface area contributed by atoms with Gasteiger partial charge in [-0.05, 0) is 31.4 Å². The number of aldehydes is 1. The van der Waals surface area contributed by atoms with E-state index in [2.05, 4.69) is 35.6 Å². The molecule has 2 aromatic rings. The molecule has 1 unspecified atom stereocenters. The van der Waals surface area contributed by atoms with E-state index >= 15 is 0 Å². The molecule has 2 heterocycles. The lowest BCUT2D eigenvalue weighted by molar-refractivity contribution is -0.0451. The summed E-state index contributed by atoms with van der Waals surface area (Å²) in [5.74, 6) is 0. The third kappa shape index (κ3) is 3.01. The van der Waals surface area contributed by atoms with Crippen molar-refractivity contribution in [2.75, 3.05) is 19.7 Å². The van der Waals surface area contributed by atoms with Crippen LogP contribution in [0.3, 0.4) is 0 Å². The van der Waals surface area contributed by atoms with Crippen LogP contribution in [0.5, 0.6) is 0 Å². The van der Waals surface area contributed by atoms with Gasteiger partial charge in [-0.2, -0.15) is 0 Å². The molecule has 1 aromatic heterocycles. The predicted molar refractivity (Wildman–Crippen MR) is 83.8 cm³/mol. The number of carbonyl (C=O) groups excluding carboxylic acids is 1. The van der Waals surface area contributed by atoms with E-state index in [1.165, 1.54) is 0 Å². The van der Waals surface area contributed by atoms with Crippen LogP contribution in [0.4, 0.5) is 0 Å². The fraction of sp³-hybridized carbons (Fsp3) is 0.471. The Morgan fingerprint density at radius 3 is 3.00 bits per heavy atom. The number of nitrogens with zero attached hydrogens (tertiary/aromatic N) is 2. The van der Waals surface area contributed by atoms with E-state index in [4.69, 9.17) is 4.74 Å². The standard InChI is InChI=1S/C17H22N2O2/c1-13(2)18-7-8-21-16(10-18)11-19-6-5-15-4-3-14(12-20)9-17(15)19/h3-6,9,12-13,16H,7-8,10-11H2,1-2H3. The van der Waals surface area contributed by atoms with Gasteiger partial charge in [0.2, 0.25) is 0 Å². The highest BCUT2D eigenvalue weighted by atomic mass is 16.5. The van der Waals surface area contributed by atoms with Gasteiger partial charge in [0.15, 0.2) is 0 Å². The van der Waals surface area contributed by atoms with Crippen LogP contribution in [0.15, 0.2) is 30.5 Å². The molecule has 0 aliphatic carbocycles. The van der Waals surface area contributed by atoms with Crippen LogP contribution in [-0.2, 0) is 11.3 Å². The summed E-state index contributed by atoms with van der Waals surface area (Å²) in [7, 11) is 0. The average Bonchev–Trinajstić information content (AvgIpc) is 2.89. The molecule has 21 heavy (non-hydrogen) atoms. The Kier molecular flexibility index (Phi) is 4.08. The maximum Gasteiger partial charge on any atom is 0.150 e. The highest BCUT2D eigenvalue weighted by molar-refractivity contribution is 5.87. The lowest BCUT2D eigenvalue weighted by Crippen LogP contribution is -2.47. The fourth-order valence-electron chi connectivity index (χ4n) is 2.97. The van der Waals surface area contributed by atoms with E-state index in [0.29, 0.717) is 6.04 Å². The van der Waals surface area contributed by atoms with Crippen molar-refractivity contribution in [1.82, 2.24) is 9.47 Å². The number of fused-ring (bicyclic) bond motifs is 1. The number of ether oxygens (including phenoxy) is 1. The minimum atomic E-state index is 0.205. The van der Waals surface area contributed by atoms with Crippen molar-refractivity contribution < 1.29 is 9.53 Å². The number of hydrogen-bond acceptors (Lipinski definition) is 3. The second kappa shape index (κ2) is 6.00. The Morgan fingerprint density at radius 2 is 2.24 bits per heavy atom. The zero-order chi connectivity index (χ0) is 14.8. The molecule has 112 valence electrons. The molecule has 3 rings (SSSR count). The third-order valence-corrected chi connectivity index (χ3v) is 4.23. The molecular weight excluding hydrogens is 264 g/mol. The fourth-order valence-corrected chi connectivity index (χ4v) is 2.97. The Hall–Kier alpha value is -1.65. The monoisotopic (exact) mass is 286 g/mol. The van der Waals surface area contributed by atoms with E-state index in [1.54, 1.807) is 0 Å². The van der Waals surface area contributed by atoms with Gasteiger partial charge in [0.05, 0.1) is 19.3 Å². The molecular formula is C17H22N2O2. The molecule has 0 amide bonds. The summed E-state index contributed by atoms with van der Waals surface area (Å²) < 4.78 is 8.10. The van der Waals surface area contributed by atoms with Crippen LogP contribution in [0.2, 0.25) is 0 Å². The quantitative estimate of drug-likeness (QED) is 0.810. The molecule has 4 heteroatoms. The van der Waals surface area contributed by atoms with Crippen LogP contribution in [0.25, 0.3) is 10.9 Å². The number of carbonyl (C=O) groups is 1. The van der Waals surface area contributed by atoms with Crippen LogP contribution >= 0.6 is 0 Å². The molecule has 1 aliphatic rings. The van der Waals surface area contributed by atoms with E-state index in [0.717, 1.165) is 49.0 Å². The number of morpholine rings is 1. The van der Waals surface area contributed by atoms with Crippen molar-refractivity contribution in [2.45, 2.75) is 32.5 Å². The first-order valence-electron chi connectivity index (χ1n) is 7.57. The molecule has 1 saturated heterocycles. The summed E-state index contributed by atoms with van der Waals surface area (Å²) in [4.78, 5) is 13.4. The lowest BCUT2D eigenvalue weighted by atomic mass is 10.2. The van der Waals surface area contributed by atoms with Crippen LogP contribution in [0, 0.1) is 0 Å². The minimum absolute atomic E-state index is 0.205. The van der Waals surface area contributed by atoms with Gasteiger partial charge in [-0.15, -0.1) is 0 Å². The first-order chi connectivity index (χ1) is 10.2. The molecule has 0 spiro atoms. The van der Waals surface area contributed by atoms with Gasteiger partial charge in [0, 0.05) is 36.4 Å². The Bertz CT molecular complexity index is 633. The molecule has 0 saturated carbocycles. The van der Waals surface area contributed by atoms with Crippen molar-refractivity contribution in [3.63, 3.8) is 0 Å². The van der Waals surface area contributed by atoms with Crippen molar-refractivity contribution in [3.05, 3.63) is 36.0 Å². The Balaban J connectivity index is 1.79. The van der Waals surface area contributed by atoms with Gasteiger partial charge in [0.1, 0.15) is 6.29 Å². The number of hydrogen-bond donors (Lipinski definition) is 0. The van der Waals surface area contributed by atoms with E-state index in [-0.39, 0.29) is 6.10 Å². The van der Waals surface area contributed by atoms with Crippen LogP contribution in [-0.4, -0.2) is 47.6 Å². The van der Waals surface area contributed by atoms with Crippen LogP contribution in [0.1, 0.15) is 24.2 Å². The van der Waals surface area contributed by atoms with E-state index in [9.17, 15) is 4.79 Å². The summed E-state index contributed by atoms with van der Waals surface area (Å²) >= 11 is 0. The van der Waals surface area contributed by atoms with Crippen LogP contribution < -0.4 is 0 Å². The maximum absolute atomic E-state index is 11.0. The van der Waals surface area contributed by atoms with Gasteiger partial charge in [-0.3, -0.25) is 9.69 Å². The topological polar surface area (TPSA) is 34.5 Å². The van der Waals surface area contributed by atoms with E-state index in [1.807, 2.05) is 18.2 Å². The molecule has 0 bridgehead atoms. The number of rotatable bonds is 4. The van der Waals surface area contributed by atoms with Gasteiger partial charge < -0.3 is 9.30 Å². The Morgan fingerprint density at radius 1 is 1.38 bits per heavy atom. The summed E-state index contributed by atoms with van der Waals surface area (Å²) in [6.07, 6.45) is 3.18. The van der Waals surface area contributed by atoms with Crippen molar-refractivity contribution in [2.24, 2.45) is 0 Å². The summed E-state index contributed by atoms with van der Waals surface area (Å²) in [5.41, 5.74) is 1.82. The number of aromatic nitrogens is 1. The SMILES string of the molecule is CC(C)N1CCOC(Cn2ccc3ccc(C=O)cc32)C1. The second-order valence-corrected chi connectivity index (χ2v) is 5.99. The molecule has 0 N–H and O–H groups in total. The zero-order valence-corrected chi connectivity index (χ0v) is 12.7. The molecule has 1 aliphatic heterocycles. The largest absolute Gasteiger partial charge is 0.374 e. The van der Waals surface area contributed by atoms with Gasteiger partial charge in [-0.25, -0.2) is 0 Å². The van der Waals surface area contributed by atoms with Gasteiger partial charge in [0.25, 0.3) is 0 Å². The molecule has 1 fully saturated rings. The summed E-state index contributed by atoms with van der Waals surface area (Å²) in [6, 6.07) is 8.45. The smallest absolute Gasteiger partial charge is 0.150 e. The second-order valence-electron chi connectivity index (χ2n) is 5.99. The molecule has 0 radical (unpaired) electrons. The molecule has 1 atom stereocenters. The lowest BCUT2D eigenvalue weighted by Gasteiger charge is -2.35. The number of benzene rings is 1. The van der Waals surface area contributed by atoms with Gasteiger partial charge in [-0.1, -0.05) is 12.1 Å². The summed E-state index contributed by atoms with van der Waals surface area (Å²) in [5, 5.41) is 1.16. The van der Waals surface area contributed by atoms with Crippen molar-refractivity contribution in [1.29, 1.82) is 0 Å². The highest BCUT2D eigenvalue weighted by Gasteiger charge is 2.22. The minimum Gasteiger partial charge on any atom is -0.374 e. The predicted octanol–water partition coefficient (Wildman–Crippen LogP) is 2.56.